The van der Waals surface area contributed by atoms with Gasteiger partial charge in [0.1, 0.15) is 5.69 Å². The van der Waals surface area contributed by atoms with Crippen molar-refractivity contribution in [3.05, 3.63) is 23.1 Å². The molecule has 1 aliphatic carbocycles. The summed E-state index contributed by atoms with van der Waals surface area (Å²) in [7, 11) is 0. The van der Waals surface area contributed by atoms with Crippen LogP contribution < -0.4 is 5.32 Å². The number of H-pyrrole nitrogens is 1. The average molecular weight is 228 g/mol. The van der Waals surface area contributed by atoms with Crippen LogP contribution in [0.15, 0.2) is 6.20 Å². The maximum atomic E-state index is 4.68. The Morgan fingerprint density at radius 1 is 1.18 bits per heavy atom. The molecular weight excluding hydrogens is 216 g/mol. The van der Waals surface area contributed by atoms with Gasteiger partial charge in [0.2, 0.25) is 0 Å². The van der Waals surface area contributed by atoms with Crippen LogP contribution in [0.3, 0.4) is 0 Å². The molecule has 0 amide bonds. The Kier molecular flexibility index (Phi) is 1.81. The molecule has 0 radical (unpaired) electrons. The Bertz CT molecular complexity index is 558. The van der Waals surface area contributed by atoms with E-state index in [1.807, 2.05) is 0 Å². The molecular formula is C11H12N6. The summed E-state index contributed by atoms with van der Waals surface area (Å²) in [5.41, 5.74) is 4.37. The third-order valence-corrected chi connectivity index (χ3v) is 3.33. The fourth-order valence-corrected chi connectivity index (χ4v) is 2.31. The molecule has 1 saturated carbocycles. The van der Waals surface area contributed by atoms with Gasteiger partial charge in [-0.25, -0.2) is 9.97 Å². The molecule has 2 aliphatic rings. The molecule has 4 rings (SSSR count). The number of nitrogens with zero attached hydrogens (tertiary/aromatic N) is 4. The summed E-state index contributed by atoms with van der Waals surface area (Å²) >= 11 is 0. The van der Waals surface area contributed by atoms with Gasteiger partial charge in [0.05, 0.1) is 17.6 Å². The van der Waals surface area contributed by atoms with Crippen LogP contribution in [0.2, 0.25) is 0 Å². The fourth-order valence-electron chi connectivity index (χ4n) is 2.31. The minimum Gasteiger partial charge on any atom is -0.307 e. The Hall–Kier alpha value is -1.82. The number of fused-ring (bicyclic) bond motifs is 1. The van der Waals surface area contributed by atoms with Crippen molar-refractivity contribution in [2.24, 2.45) is 0 Å². The predicted octanol–water partition coefficient (Wildman–Crippen LogP) is 0.742. The molecule has 1 fully saturated rings. The van der Waals surface area contributed by atoms with Crippen molar-refractivity contribution in [1.29, 1.82) is 0 Å². The van der Waals surface area contributed by atoms with E-state index in [1.54, 1.807) is 6.20 Å². The summed E-state index contributed by atoms with van der Waals surface area (Å²) in [5, 5.41) is 13.8. The molecule has 3 heterocycles. The third-order valence-electron chi connectivity index (χ3n) is 3.33. The average Bonchev–Trinajstić information content (AvgIpc) is 2.88. The molecule has 0 atom stereocenters. The van der Waals surface area contributed by atoms with Gasteiger partial charge in [-0.15, -0.1) is 0 Å². The molecule has 0 bridgehead atoms. The van der Waals surface area contributed by atoms with Crippen molar-refractivity contribution in [3.8, 4) is 11.5 Å². The van der Waals surface area contributed by atoms with Gasteiger partial charge >= 0.3 is 0 Å². The first-order valence-corrected chi connectivity index (χ1v) is 5.88. The number of hydrogen-bond acceptors (Lipinski definition) is 5. The topological polar surface area (TPSA) is 79.4 Å². The maximum absolute atomic E-state index is 4.68. The Labute approximate surface area is 97.9 Å². The SMILES string of the molecule is c1n[nH]nc1-c1nc2c(c(C3CC3)n1)CNC2. The lowest BCUT2D eigenvalue weighted by Gasteiger charge is -2.06. The van der Waals surface area contributed by atoms with Crippen LogP contribution in [0.5, 0.6) is 0 Å². The van der Waals surface area contributed by atoms with Crippen LogP contribution >= 0.6 is 0 Å². The zero-order valence-electron chi connectivity index (χ0n) is 9.27. The molecule has 17 heavy (non-hydrogen) atoms. The lowest BCUT2D eigenvalue weighted by molar-refractivity contribution is 0.755. The number of rotatable bonds is 2. The first-order valence-electron chi connectivity index (χ1n) is 5.88. The molecule has 2 aromatic heterocycles. The summed E-state index contributed by atoms with van der Waals surface area (Å²) in [6.45, 7) is 1.74. The van der Waals surface area contributed by atoms with Crippen molar-refractivity contribution in [3.63, 3.8) is 0 Å². The van der Waals surface area contributed by atoms with Crippen LogP contribution in [0.25, 0.3) is 11.5 Å². The van der Waals surface area contributed by atoms with Crippen molar-refractivity contribution >= 4 is 0 Å². The normalized spacial score (nSPS) is 18.4. The van der Waals surface area contributed by atoms with E-state index in [0.29, 0.717) is 11.7 Å². The lowest BCUT2D eigenvalue weighted by atomic mass is 10.1. The molecule has 2 N–H and O–H groups in total. The van der Waals surface area contributed by atoms with E-state index in [-0.39, 0.29) is 0 Å². The summed E-state index contributed by atoms with van der Waals surface area (Å²) in [6.07, 6.45) is 4.17. The van der Waals surface area contributed by atoms with E-state index in [2.05, 4.69) is 30.7 Å². The highest BCUT2D eigenvalue weighted by Crippen LogP contribution is 2.42. The monoisotopic (exact) mass is 228 g/mol. The highest BCUT2D eigenvalue weighted by atomic mass is 15.3. The van der Waals surface area contributed by atoms with Gasteiger partial charge in [-0.1, -0.05) is 0 Å². The van der Waals surface area contributed by atoms with Gasteiger partial charge in [0.25, 0.3) is 0 Å². The molecule has 0 saturated heterocycles. The van der Waals surface area contributed by atoms with E-state index in [9.17, 15) is 0 Å². The number of aromatic nitrogens is 5. The van der Waals surface area contributed by atoms with Gasteiger partial charge in [-0.2, -0.15) is 15.4 Å². The van der Waals surface area contributed by atoms with Crippen molar-refractivity contribution in [2.75, 3.05) is 0 Å². The van der Waals surface area contributed by atoms with Crippen LogP contribution in [0.4, 0.5) is 0 Å². The predicted molar refractivity (Wildman–Crippen MR) is 59.9 cm³/mol. The first-order chi connectivity index (χ1) is 8.42. The Morgan fingerprint density at radius 3 is 2.88 bits per heavy atom. The maximum Gasteiger partial charge on any atom is 0.182 e. The fraction of sp³-hybridized carbons (Fsp3) is 0.455. The molecule has 86 valence electrons. The zero-order chi connectivity index (χ0) is 11.2. The second kappa shape index (κ2) is 3.33. The Balaban J connectivity index is 1.89. The molecule has 0 unspecified atom stereocenters. The second-order valence-electron chi connectivity index (χ2n) is 4.59. The summed E-state index contributed by atoms with van der Waals surface area (Å²) in [5.74, 6) is 1.33. The van der Waals surface area contributed by atoms with Crippen LogP contribution in [-0.2, 0) is 13.1 Å². The quantitative estimate of drug-likeness (QED) is 0.792. The van der Waals surface area contributed by atoms with Crippen molar-refractivity contribution in [2.45, 2.75) is 31.8 Å². The smallest absolute Gasteiger partial charge is 0.182 e. The lowest BCUT2D eigenvalue weighted by Crippen LogP contribution is -2.02. The zero-order valence-corrected chi connectivity index (χ0v) is 9.27. The molecule has 6 nitrogen and oxygen atoms in total. The van der Waals surface area contributed by atoms with Gasteiger partial charge in [0.15, 0.2) is 5.82 Å². The second-order valence-corrected chi connectivity index (χ2v) is 4.59. The summed E-state index contributed by atoms with van der Waals surface area (Å²) in [6, 6.07) is 0. The minimum atomic E-state index is 0.636. The van der Waals surface area contributed by atoms with E-state index in [4.69, 9.17) is 0 Å². The minimum absolute atomic E-state index is 0.636. The molecule has 0 aromatic carbocycles. The third kappa shape index (κ3) is 1.44. The number of aromatic amines is 1. The largest absolute Gasteiger partial charge is 0.307 e. The molecule has 1 aliphatic heterocycles. The highest BCUT2D eigenvalue weighted by molar-refractivity contribution is 5.50. The standard InChI is InChI=1S/C11H12N6/c1-2-6(1)10-7-3-12-4-8(7)14-11(15-10)9-5-13-17-16-9/h5-6,12H,1-4H2,(H,13,16,17). The summed E-state index contributed by atoms with van der Waals surface area (Å²) in [4.78, 5) is 9.25. The van der Waals surface area contributed by atoms with E-state index in [1.165, 1.54) is 24.1 Å². The van der Waals surface area contributed by atoms with Crippen LogP contribution in [-0.4, -0.2) is 25.4 Å². The van der Waals surface area contributed by atoms with Crippen LogP contribution in [0.1, 0.15) is 35.7 Å². The van der Waals surface area contributed by atoms with E-state index < -0.39 is 0 Å². The first kappa shape index (κ1) is 9.23. The van der Waals surface area contributed by atoms with Crippen molar-refractivity contribution < 1.29 is 0 Å². The molecule has 2 aromatic rings. The molecule has 6 heteroatoms. The van der Waals surface area contributed by atoms with Crippen molar-refractivity contribution in [1.82, 2.24) is 30.7 Å². The van der Waals surface area contributed by atoms with Gasteiger partial charge in [-0.05, 0) is 12.8 Å². The summed E-state index contributed by atoms with van der Waals surface area (Å²) < 4.78 is 0. The number of nitrogens with one attached hydrogen (secondary N) is 2. The van der Waals surface area contributed by atoms with E-state index in [0.717, 1.165) is 24.5 Å². The van der Waals surface area contributed by atoms with Gasteiger partial charge < -0.3 is 5.32 Å². The molecule has 0 spiro atoms. The van der Waals surface area contributed by atoms with Crippen LogP contribution in [0, 0.1) is 0 Å². The highest BCUT2D eigenvalue weighted by Gasteiger charge is 2.31. The van der Waals surface area contributed by atoms with Gasteiger partial charge in [0, 0.05) is 24.6 Å². The van der Waals surface area contributed by atoms with E-state index >= 15 is 0 Å². The Morgan fingerprint density at radius 2 is 2.12 bits per heavy atom. The number of hydrogen-bond donors (Lipinski definition) is 2. The van der Waals surface area contributed by atoms with Gasteiger partial charge in [-0.3, -0.25) is 0 Å².